The zero-order chi connectivity index (χ0) is 23.4. The molecule has 0 bridgehead atoms. The first-order valence-corrected chi connectivity index (χ1v) is 12.1. The van der Waals surface area contributed by atoms with Crippen molar-refractivity contribution in [1.82, 2.24) is 15.3 Å². The standard InChI is InChI=1S/C25H26Cl2N4OS/c1-32-14-21-24(25(33)29-20-4-2-3-19(28)13-20)31-23(16-7-11-18(27)12-8-16)22(30-21)15-5-9-17(26)10-6-15/h5-12,19-20H,2-4,13-14,28H2,1H3,(H,29,33). The van der Waals surface area contributed by atoms with Crippen LogP contribution in [0.3, 0.4) is 0 Å². The minimum Gasteiger partial charge on any atom is -0.378 e. The molecule has 3 aromatic rings. The lowest BCUT2D eigenvalue weighted by atomic mass is 9.91. The monoisotopic (exact) mass is 500 g/mol. The van der Waals surface area contributed by atoms with E-state index < -0.39 is 0 Å². The van der Waals surface area contributed by atoms with Crippen LogP contribution in [0, 0.1) is 0 Å². The zero-order valence-corrected chi connectivity index (χ0v) is 20.7. The lowest BCUT2D eigenvalue weighted by molar-refractivity contribution is 0.181. The average Bonchev–Trinajstić information content (AvgIpc) is 2.80. The summed E-state index contributed by atoms with van der Waals surface area (Å²) < 4.78 is 5.45. The Labute approximate surface area is 209 Å². The van der Waals surface area contributed by atoms with Gasteiger partial charge in [0.05, 0.1) is 23.7 Å². The Hall–Kier alpha value is -2.09. The molecule has 33 heavy (non-hydrogen) atoms. The number of rotatable bonds is 6. The van der Waals surface area contributed by atoms with Crippen LogP contribution in [0.2, 0.25) is 10.0 Å². The van der Waals surface area contributed by atoms with Crippen molar-refractivity contribution in [3.8, 4) is 22.5 Å². The zero-order valence-electron chi connectivity index (χ0n) is 18.4. The van der Waals surface area contributed by atoms with E-state index >= 15 is 0 Å². The third kappa shape index (κ3) is 5.89. The van der Waals surface area contributed by atoms with Gasteiger partial charge in [-0.2, -0.15) is 0 Å². The molecule has 0 radical (unpaired) electrons. The number of halogens is 2. The van der Waals surface area contributed by atoms with Gasteiger partial charge in [-0.15, -0.1) is 0 Å². The number of hydrogen-bond acceptors (Lipinski definition) is 5. The molecule has 0 saturated heterocycles. The number of thiocarbonyl (C=S) groups is 1. The fourth-order valence-electron chi connectivity index (χ4n) is 4.12. The van der Waals surface area contributed by atoms with Crippen LogP contribution in [0.5, 0.6) is 0 Å². The van der Waals surface area contributed by atoms with Gasteiger partial charge in [0.1, 0.15) is 10.7 Å². The Morgan fingerprint density at radius 3 is 2.12 bits per heavy atom. The predicted molar refractivity (Wildman–Crippen MR) is 139 cm³/mol. The van der Waals surface area contributed by atoms with E-state index in [9.17, 15) is 0 Å². The summed E-state index contributed by atoms with van der Waals surface area (Å²) in [5, 5.41) is 4.79. The van der Waals surface area contributed by atoms with Crippen LogP contribution in [-0.2, 0) is 11.3 Å². The highest BCUT2D eigenvalue weighted by atomic mass is 35.5. The van der Waals surface area contributed by atoms with Crippen LogP contribution in [0.4, 0.5) is 0 Å². The van der Waals surface area contributed by atoms with Crippen molar-refractivity contribution in [3.05, 3.63) is 70.0 Å². The van der Waals surface area contributed by atoms with Crippen LogP contribution in [0.15, 0.2) is 48.5 Å². The number of nitrogens with zero attached hydrogens (tertiary/aromatic N) is 2. The highest BCUT2D eigenvalue weighted by molar-refractivity contribution is 7.80. The van der Waals surface area contributed by atoms with Crippen molar-refractivity contribution >= 4 is 40.4 Å². The minimum absolute atomic E-state index is 0.195. The van der Waals surface area contributed by atoms with Crippen LogP contribution in [-0.4, -0.2) is 34.1 Å². The number of aromatic nitrogens is 2. The molecule has 3 N–H and O–H groups in total. The van der Waals surface area contributed by atoms with Crippen LogP contribution in [0.25, 0.3) is 22.5 Å². The topological polar surface area (TPSA) is 73.1 Å². The summed E-state index contributed by atoms with van der Waals surface area (Å²) in [6.07, 6.45) is 4.06. The lowest BCUT2D eigenvalue weighted by Gasteiger charge is -2.28. The SMILES string of the molecule is COCc1nc(-c2ccc(Cl)cc2)c(-c2ccc(Cl)cc2)nc1C(=S)NC1CCCC(N)C1. The summed E-state index contributed by atoms with van der Waals surface area (Å²) in [6.45, 7) is 0.288. The third-order valence-electron chi connectivity index (χ3n) is 5.75. The molecule has 1 aliphatic carbocycles. The van der Waals surface area contributed by atoms with Gasteiger partial charge >= 0.3 is 0 Å². The van der Waals surface area contributed by atoms with Gasteiger partial charge in [0.15, 0.2) is 0 Å². The molecule has 172 valence electrons. The van der Waals surface area contributed by atoms with Gasteiger partial charge in [0, 0.05) is 40.4 Å². The molecule has 0 aliphatic heterocycles. The quantitative estimate of drug-likeness (QED) is 0.416. The van der Waals surface area contributed by atoms with Gasteiger partial charge in [-0.3, -0.25) is 0 Å². The predicted octanol–water partition coefficient (Wildman–Crippen LogP) is 5.80. The maximum atomic E-state index is 6.17. The number of nitrogens with one attached hydrogen (secondary N) is 1. The Morgan fingerprint density at radius 1 is 1.00 bits per heavy atom. The van der Waals surface area contributed by atoms with Gasteiger partial charge < -0.3 is 15.8 Å². The molecule has 0 spiro atoms. The molecule has 1 saturated carbocycles. The van der Waals surface area contributed by atoms with Crippen molar-refractivity contribution in [3.63, 3.8) is 0 Å². The van der Waals surface area contributed by atoms with E-state index in [1.165, 1.54) is 0 Å². The second-order valence-electron chi connectivity index (χ2n) is 8.26. The summed E-state index contributed by atoms with van der Waals surface area (Å²) in [6, 6.07) is 15.5. The van der Waals surface area contributed by atoms with E-state index in [1.54, 1.807) is 7.11 Å². The smallest absolute Gasteiger partial charge is 0.127 e. The second-order valence-corrected chi connectivity index (χ2v) is 9.54. The molecule has 2 atom stereocenters. The Morgan fingerprint density at radius 2 is 1.58 bits per heavy atom. The van der Waals surface area contributed by atoms with Crippen molar-refractivity contribution in [2.24, 2.45) is 5.73 Å². The van der Waals surface area contributed by atoms with Crippen molar-refractivity contribution in [2.45, 2.75) is 44.4 Å². The Balaban J connectivity index is 1.80. The van der Waals surface area contributed by atoms with E-state index in [2.05, 4.69) is 5.32 Å². The summed E-state index contributed by atoms with van der Waals surface area (Å²) in [4.78, 5) is 10.6. The van der Waals surface area contributed by atoms with Crippen molar-refractivity contribution < 1.29 is 4.74 Å². The second kappa shape index (κ2) is 10.9. The summed E-state index contributed by atoms with van der Waals surface area (Å²) in [5.74, 6) is 0. The first kappa shape index (κ1) is 24.0. The van der Waals surface area contributed by atoms with E-state index in [0.29, 0.717) is 32.1 Å². The Kier molecular flexibility index (Phi) is 7.94. The maximum Gasteiger partial charge on any atom is 0.127 e. The van der Waals surface area contributed by atoms with Crippen LogP contribution >= 0.6 is 35.4 Å². The van der Waals surface area contributed by atoms with Gasteiger partial charge in [0.25, 0.3) is 0 Å². The fourth-order valence-corrected chi connectivity index (χ4v) is 4.70. The Bertz CT molecular complexity index is 1120. The molecule has 5 nitrogen and oxygen atoms in total. The molecule has 1 aromatic heterocycles. The maximum absolute atomic E-state index is 6.17. The number of hydrogen-bond donors (Lipinski definition) is 2. The third-order valence-corrected chi connectivity index (χ3v) is 6.56. The molecular weight excluding hydrogens is 475 g/mol. The number of ether oxygens (including phenoxy) is 1. The number of nitrogens with two attached hydrogens (primary N) is 1. The molecule has 1 aliphatic rings. The summed E-state index contributed by atoms with van der Waals surface area (Å²) >= 11 is 18.1. The molecule has 1 fully saturated rings. The highest BCUT2D eigenvalue weighted by Crippen LogP contribution is 2.32. The summed E-state index contributed by atoms with van der Waals surface area (Å²) in [5.41, 5.74) is 10.7. The normalized spacial score (nSPS) is 18.2. The van der Waals surface area contributed by atoms with E-state index in [0.717, 1.165) is 42.5 Å². The highest BCUT2D eigenvalue weighted by Gasteiger charge is 2.24. The van der Waals surface area contributed by atoms with Crippen LogP contribution < -0.4 is 11.1 Å². The molecule has 2 aromatic carbocycles. The van der Waals surface area contributed by atoms with Crippen molar-refractivity contribution in [2.75, 3.05) is 7.11 Å². The summed E-state index contributed by atoms with van der Waals surface area (Å²) in [7, 11) is 1.64. The van der Waals surface area contributed by atoms with Crippen LogP contribution in [0.1, 0.15) is 37.1 Å². The first-order valence-electron chi connectivity index (χ1n) is 10.9. The lowest BCUT2D eigenvalue weighted by Crippen LogP contribution is -2.42. The van der Waals surface area contributed by atoms with Gasteiger partial charge in [-0.25, -0.2) is 9.97 Å². The average molecular weight is 501 g/mol. The molecule has 1 heterocycles. The molecule has 2 unspecified atom stereocenters. The number of benzene rings is 2. The van der Waals surface area contributed by atoms with E-state index in [4.69, 9.17) is 55.9 Å². The van der Waals surface area contributed by atoms with Gasteiger partial charge in [-0.1, -0.05) is 59.7 Å². The molecule has 4 rings (SSSR count). The fraction of sp³-hybridized carbons (Fsp3) is 0.320. The van der Waals surface area contributed by atoms with Gasteiger partial charge in [-0.05, 0) is 49.9 Å². The first-order chi connectivity index (χ1) is 15.9. The van der Waals surface area contributed by atoms with Gasteiger partial charge in [0.2, 0.25) is 0 Å². The number of methoxy groups -OCH3 is 1. The largest absolute Gasteiger partial charge is 0.378 e. The van der Waals surface area contributed by atoms with E-state index in [-0.39, 0.29) is 18.7 Å². The van der Waals surface area contributed by atoms with Crippen molar-refractivity contribution in [1.29, 1.82) is 0 Å². The molecular formula is C25H26Cl2N4OS. The molecule has 0 amide bonds. The van der Waals surface area contributed by atoms with E-state index in [1.807, 2.05) is 48.5 Å². The molecule has 8 heteroatoms. The minimum atomic E-state index is 0.195.